The van der Waals surface area contributed by atoms with Gasteiger partial charge in [0.2, 0.25) is 0 Å². The van der Waals surface area contributed by atoms with Crippen molar-refractivity contribution in [3.05, 3.63) is 23.4 Å². The molecule has 0 aliphatic carbocycles. The fourth-order valence-electron chi connectivity index (χ4n) is 2.59. The molecule has 1 aliphatic rings. The molecule has 0 amide bonds. The SMILES string of the molecule is CCNC(=NCCCSC)NC1CCN(c2ncccc2Cl)C1. The predicted octanol–water partition coefficient (Wildman–Crippen LogP) is 2.62. The molecule has 2 N–H and O–H groups in total. The van der Waals surface area contributed by atoms with Crippen LogP contribution < -0.4 is 15.5 Å². The molecular weight excluding hydrogens is 330 g/mol. The third-order valence-corrected chi connectivity index (χ3v) is 4.68. The second-order valence-electron chi connectivity index (χ2n) is 5.49. The van der Waals surface area contributed by atoms with Gasteiger partial charge in [-0.3, -0.25) is 4.99 Å². The minimum atomic E-state index is 0.367. The van der Waals surface area contributed by atoms with Crippen LogP contribution in [0.2, 0.25) is 5.02 Å². The number of nitrogens with one attached hydrogen (secondary N) is 2. The Morgan fingerprint density at radius 3 is 3.17 bits per heavy atom. The van der Waals surface area contributed by atoms with Crippen LogP contribution in [0.1, 0.15) is 19.8 Å². The summed E-state index contributed by atoms with van der Waals surface area (Å²) in [6.45, 7) is 5.68. The van der Waals surface area contributed by atoms with Crippen molar-refractivity contribution in [3.8, 4) is 0 Å². The number of hydrogen-bond acceptors (Lipinski definition) is 4. The molecule has 1 fully saturated rings. The molecule has 2 rings (SSSR count). The van der Waals surface area contributed by atoms with Crippen molar-refractivity contribution in [2.45, 2.75) is 25.8 Å². The van der Waals surface area contributed by atoms with Crippen molar-refractivity contribution < 1.29 is 0 Å². The Hall–Kier alpha value is -1.14. The second-order valence-corrected chi connectivity index (χ2v) is 6.88. The lowest BCUT2D eigenvalue weighted by Gasteiger charge is -2.20. The van der Waals surface area contributed by atoms with Crippen LogP contribution in [0.3, 0.4) is 0 Å². The van der Waals surface area contributed by atoms with Crippen molar-refractivity contribution in [2.24, 2.45) is 4.99 Å². The monoisotopic (exact) mass is 355 g/mol. The minimum absolute atomic E-state index is 0.367. The fourth-order valence-corrected chi connectivity index (χ4v) is 3.25. The summed E-state index contributed by atoms with van der Waals surface area (Å²) in [6, 6.07) is 4.12. The first kappa shape index (κ1) is 18.2. The normalized spacial score (nSPS) is 18.3. The summed E-state index contributed by atoms with van der Waals surface area (Å²) in [7, 11) is 0. The van der Waals surface area contributed by atoms with Crippen LogP contribution in [0.25, 0.3) is 0 Å². The number of guanidine groups is 1. The lowest BCUT2D eigenvalue weighted by Crippen LogP contribution is -2.44. The number of thioether (sulfide) groups is 1. The van der Waals surface area contributed by atoms with E-state index in [1.54, 1.807) is 6.20 Å². The highest BCUT2D eigenvalue weighted by atomic mass is 35.5. The number of aliphatic imine (C=N–C) groups is 1. The van der Waals surface area contributed by atoms with Crippen molar-refractivity contribution in [2.75, 3.05) is 43.1 Å². The van der Waals surface area contributed by atoms with E-state index in [0.717, 1.165) is 56.6 Å². The van der Waals surface area contributed by atoms with Crippen molar-refractivity contribution in [1.29, 1.82) is 0 Å². The number of rotatable bonds is 7. The molecule has 23 heavy (non-hydrogen) atoms. The van der Waals surface area contributed by atoms with E-state index in [2.05, 4.69) is 38.7 Å². The number of nitrogens with zero attached hydrogens (tertiary/aromatic N) is 3. The van der Waals surface area contributed by atoms with Crippen LogP contribution in [-0.4, -0.2) is 55.2 Å². The average Bonchev–Trinajstić information content (AvgIpc) is 3.00. The molecule has 2 heterocycles. The highest BCUT2D eigenvalue weighted by molar-refractivity contribution is 7.98. The van der Waals surface area contributed by atoms with Gasteiger partial charge >= 0.3 is 0 Å². The van der Waals surface area contributed by atoms with Crippen LogP contribution in [0.4, 0.5) is 5.82 Å². The number of aromatic nitrogens is 1. The molecule has 5 nitrogen and oxygen atoms in total. The Kier molecular flexibility index (Phi) is 7.82. The van der Waals surface area contributed by atoms with E-state index in [1.165, 1.54) is 0 Å². The van der Waals surface area contributed by atoms with E-state index in [0.29, 0.717) is 11.1 Å². The van der Waals surface area contributed by atoms with Crippen molar-refractivity contribution in [1.82, 2.24) is 15.6 Å². The van der Waals surface area contributed by atoms with Crippen molar-refractivity contribution >= 4 is 35.1 Å². The zero-order chi connectivity index (χ0) is 16.5. The first-order chi connectivity index (χ1) is 11.2. The molecule has 1 unspecified atom stereocenters. The minimum Gasteiger partial charge on any atom is -0.357 e. The number of pyridine rings is 1. The lowest BCUT2D eigenvalue weighted by atomic mass is 10.3. The van der Waals surface area contributed by atoms with Crippen LogP contribution in [0, 0.1) is 0 Å². The van der Waals surface area contributed by atoms with Gasteiger partial charge in [0.1, 0.15) is 5.82 Å². The topological polar surface area (TPSA) is 52.6 Å². The van der Waals surface area contributed by atoms with Gasteiger partial charge in [-0.05, 0) is 43.9 Å². The van der Waals surface area contributed by atoms with Crippen LogP contribution >= 0.6 is 23.4 Å². The summed E-state index contributed by atoms with van der Waals surface area (Å²) in [5.74, 6) is 2.94. The van der Waals surface area contributed by atoms with Gasteiger partial charge < -0.3 is 15.5 Å². The van der Waals surface area contributed by atoms with Crippen LogP contribution in [-0.2, 0) is 0 Å². The molecule has 1 saturated heterocycles. The first-order valence-electron chi connectivity index (χ1n) is 8.13. The molecule has 0 bridgehead atoms. The molecular formula is C16H26ClN5S. The Morgan fingerprint density at radius 2 is 2.43 bits per heavy atom. The Balaban J connectivity index is 1.88. The first-order valence-corrected chi connectivity index (χ1v) is 9.91. The summed E-state index contributed by atoms with van der Waals surface area (Å²) < 4.78 is 0. The third-order valence-electron chi connectivity index (χ3n) is 3.69. The number of anilines is 1. The maximum absolute atomic E-state index is 6.24. The van der Waals surface area contributed by atoms with E-state index in [-0.39, 0.29) is 0 Å². The summed E-state index contributed by atoms with van der Waals surface area (Å²) in [4.78, 5) is 11.3. The molecule has 1 atom stereocenters. The van der Waals surface area contributed by atoms with E-state index in [1.807, 2.05) is 23.9 Å². The molecule has 0 spiro atoms. The molecule has 7 heteroatoms. The maximum atomic E-state index is 6.24. The standard InChI is InChI=1S/C16H26ClN5S/c1-3-18-16(20-9-5-11-23-2)21-13-7-10-22(12-13)15-14(17)6-4-8-19-15/h4,6,8,13H,3,5,7,9-12H2,1-2H3,(H2,18,20,21). The fraction of sp³-hybridized carbons (Fsp3) is 0.625. The van der Waals surface area contributed by atoms with E-state index >= 15 is 0 Å². The van der Waals surface area contributed by atoms with Gasteiger partial charge in [-0.15, -0.1) is 0 Å². The summed E-state index contributed by atoms with van der Waals surface area (Å²) in [5, 5.41) is 7.57. The second kappa shape index (κ2) is 9.88. The summed E-state index contributed by atoms with van der Waals surface area (Å²) >= 11 is 8.11. The molecule has 0 radical (unpaired) electrons. The maximum Gasteiger partial charge on any atom is 0.191 e. The van der Waals surface area contributed by atoms with Gasteiger partial charge in [-0.2, -0.15) is 11.8 Å². The highest BCUT2D eigenvalue weighted by Crippen LogP contribution is 2.25. The van der Waals surface area contributed by atoms with E-state index in [9.17, 15) is 0 Å². The number of halogens is 1. The predicted molar refractivity (Wildman–Crippen MR) is 102 cm³/mol. The van der Waals surface area contributed by atoms with E-state index in [4.69, 9.17) is 11.6 Å². The summed E-state index contributed by atoms with van der Waals surface area (Å²) in [5.41, 5.74) is 0. The van der Waals surface area contributed by atoms with Gasteiger partial charge in [0.15, 0.2) is 5.96 Å². The van der Waals surface area contributed by atoms with Crippen LogP contribution in [0.5, 0.6) is 0 Å². The third kappa shape index (κ3) is 5.77. The lowest BCUT2D eigenvalue weighted by molar-refractivity contribution is 0.648. The molecule has 1 aromatic rings. The largest absolute Gasteiger partial charge is 0.357 e. The van der Waals surface area contributed by atoms with Gasteiger partial charge in [0.25, 0.3) is 0 Å². The van der Waals surface area contributed by atoms with Gasteiger partial charge in [-0.1, -0.05) is 11.6 Å². The Morgan fingerprint density at radius 1 is 1.57 bits per heavy atom. The van der Waals surface area contributed by atoms with Gasteiger partial charge in [0.05, 0.1) is 5.02 Å². The molecule has 1 aliphatic heterocycles. The zero-order valence-corrected chi connectivity index (χ0v) is 15.5. The average molecular weight is 356 g/mol. The molecule has 128 valence electrons. The van der Waals surface area contributed by atoms with Gasteiger partial charge in [-0.25, -0.2) is 4.98 Å². The van der Waals surface area contributed by atoms with Gasteiger partial charge in [0, 0.05) is 38.4 Å². The quantitative estimate of drug-likeness (QED) is 0.447. The molecule has 0 aromatic carbocycles. The smallest absolute Gasteiger partial charge is 0.191 e. The summed E-state index contributed by atoms with van der Waals surface area (Å²) in [6.07, 6.45) is 6.09. The van der Waals surface area contributed by atoms with Crippen molar-refractivity contribution in [3.63, 3.8) is 0 Å². The molecule has 1 aromatic heterocycles. The number of hydrogen-bond donors (Lipinski definition) is 2. The Bertz CT molecular complexity index is 511. The molecule has 0 saturated carbocycles. The van der Waals surface area contributed by atoms with E-state index < -0.39 is 0 Å². The highest BCUT2D eigenvalue weighted by Gasteiger charge is 2.25. The van der Waals surface area contributed by atoms with Crippen LogP contribution in [0.15, 0.2) is 23.3 Å². The Labute approximate surface area is 148 Å². The zero-order valence-electron chi connectivity index (χ0n) is 13.9.